The number of nitrogens with one attached hydrogen (secondary N) is 1. The zero-order chi connectivity index (χ0) is 15.7. The average molecular weight is 282 g/mol. The van der Waals surface area contributed by atoms with Gasteiger partial charge in [0.1, 0.15) is 0 Å². The number of rotatable bonds is 5. The van der Waals surface area contributed by atoms with E-state index in [2.05, 4.69) is 10.4 Å². The van der Waals surface area contributed by atoms with Gasteiger partial charge in [0.05, 0.1) is 28.7 Å². The molecule has 6 nitrogen and oxygen atoms in total. The predicted octanol–water partition coefficient (Wildman–Crippen LogP) is 1.07. The summed E-state index contributed by atoms with van der Waals surface area (Å²) >= 11 is 0. The maximum Gasteiger partial charge on any atom is 0.241 e. The predicted molar refractivity (Wildman–Crippen MR) is 79.7 cm³/mol. The average Bonchev–Trinajstić information content (AvgIpc) is 2.52. The Kier molecular flexibility index (Phi) is 4.94. The molecule has 0 radical (unpaired) electrons. The van der Waals surface area contributed by atoms with Crippen LogP contribution in [0.2, 0.25) is 0 Å². The molecule has 0 saturated carbocycles. The van der Waals surface area contributed by atoms with E-state index in [1.54, 1.807) is 18.5 Å². The lowest BCUT2D eigenvalue weighted by molar-refractivity contribution is -0.121. The third-order valence-corrected chi connectivity index (χ3v) is 3.43. The minimum absolute atomic E-state index is 0.101. The van der Waals surface area contributed by atoms with E-state index in [-0.39, 0.29) is 11.9 Å². The van der Waals surface area contributed by atoms with E-state index in [4.69, 9.17) is 0 Å². The maximum absolute atomic E-state index is 12.3. The SMILES string of the molecule is Cc1nn(C)c(C)c1NC(=O)C(C)N(C)CC(C)(C)O. The van der Waals surface area contributed by atoms with Gasteiger partial charge < -0.3 is 10.4 Å². The summed E-state index contributed by atoms with van der Waals surface area (Å²) in [7, 11) is 3.67. The zero-order valence-corrected chi connectivity index (χ0v) is 13.5. The minimum Gasteiger partial charge on any atom is -0.389 e. The monoisotopic (exact) mass is 282 g/mol. The summed E-state index contributed by atoms with van der Waals surface area (Å²) < 4.78 is 1.75. The van der Waals surface area contributed by atoms with Crippen molar-refractivity contribution in [3.63, 3.8) is 0 Å². The second kappa shape index (κ2) is 5.93. The van der Waals surface area contributed by atoms with Gasteiger partial charge in [0.2, 0.25) is 5.91 Å². The smallest absolute Gasteiger partial charge is 0.241 e. The van der Waals surface area contributed by atoms with Gasteiger partial charge in [-0.05, 0) is 41.7 Å². The number of carbonyl (C=O) groups is 1. The van der Waals surface area contributed by atoms with Gasteiger partial charge in [-0.3, -0.25) is 14.4 Å². The Morgan fingerprint density at radius 1 is 1.50 bits per heavy atom. The number of amides is 1. The van der Waals surface area contributed by atoms with Gasteiger partial charge in [0, 0.05) is 13.6 Å². The van der Waals surface area contributed by atoms with Crippen molar-refractivity contribution in [2.24, 2.45) is 7.05 Å². The summed E-state index contributed by atoms with van der Waals surface area (Å²) in [6.07, 6.45) is 0. The number of aliphatic hydroxyl groups is 1. The summed E-state index contributed by atoms with van der Waals surface area (Å²) in [5.74, 6) is -0.101. The molecule has 0 saturated heterocycles. The Bertz CT molecular complexity index is 488. The number of aromatic nitrogens is 2. The lowest BCUT2D eigenvalue weighted by Crippen LogP contribution is -2.46. The standard InChI is InChI=1S/C14H26N4O2/c1-9-12(10(2)18(7)16-9)15-13(19)11(3)17(6)8-14(4,5)20/h11,20H,8H2,1-7H3,(H,15,19). The van der Waals surface area contributed by atoms with Gasteiger partial charge in [-0.25, -0.2) is 0 Å². The Morgan fingerprint density at radius 2 is 2.05 bits per heavy atom. The van der Waals surface area contributed by atoms with E-state index in [0.717, 1.165) is 17.1 Å². The molecule has 0 aliphatic rings. The molecule has 1 unspecified atom stereocenters. The normalized spacial score (nSPS) is 13.7. The Balaban J connectivity index is 2.76. The fourth-order valence-electron chi connectivity index (χ4n) is 2.13. The molecule has 1 amide bonds. The molecule has 1 aromatic rings. The number of nitrogens with zero attached hydrogens (tertiary/aromatic N) is 3. The number of hydrogen-bond donors (Lipinski definition) is 2. The van der Waals surface area contributed by atoms with Gasteiger partial charge in [-0.2, -0.15) is 5.10 Å². The van der Waals surface area contributed by atoms with E-state index < -0.39 is 5.60 Å². The molecule has 0 fully saturated rings. The molecule has 0 aliphatic carbocycles. The zero-order valence-electron chi connectivity index (χ0n) is 13.5. The molecule has 1 atom stereocenters. The van der Waals surface area contributed by atoms with Gasteiger partial charge in [0.15, 0.2) is 0 Å². The first-order chi connectivity index (χ1) is 9.03. The van der Waals surface area contributed by atoms with Crippen LogP contribution in [-0.2, 0) is 11.8 Å². The van der Waals surface area contributed by atoms with Gasteiger partial charge in [0.25, 0.3) is 0 Å². The third-order valence-electron chi connectivity index (χ3n) is 3.43. The molecule has 20 heavy (non-hydrogen) atoms. The van der Waals surface area contributed by atoms with Gasteiger partial charge >= 0.3 is 0 Å². The highest BCUT2D eigenvalue weighted by Gasteiger charge is 2.24. The summed E-state index contributed by atoms with van der Waals surface area (Å²) in [5.41, 5.74) is 1.66. The maximum atomic E-state index is 12.3. The highest BCUT2D eigenvalue weighted by molar-refractivity contribution is 5.95. The van der Waals surface area contributed by atoms with Crippen LogP contribution in [-0.4, -0.2) is 50.9 Å². The molecule has 2 N–H and O–H groups in total. The van der Waals surface area contributed by atoms with Crippen LogP contribution in [0.15, 0.2) is 0 Å². The van der Waals surface area contributed by atoms with Crippen LogP contribution in [0, 0.1) is 13.8 Å². The van der Waals surface area contributed by atoms with Crippen molar-refractivity contribution < 1.29 is 9.90 Å². The molecule has 1 heterocycles. The highest BCUT2D eigenvalue weighted by atomic mass is 16.3. The topological polar surface area (TPSA) is 70.4 Å². The number of carbonyl (C=O) groups excluding carboxylic acids is 1. The number of likely N-dealkylation sites (N-methyl/N-ethyl adjacent to an activating group) is 1. The minimum atomic E-state index is -0.830. The number of anilines is 1. The lowest BCUT2D eigenvalue weighted by Gasteiger charge is -2.29. The van der Waals surface area contributed by atoms with Crippen molar-refractivity contribution in [2.75, 3.05) is 18.9 Å². The van der Waals surface area contributed by atoms with Crippen molar-refractivity contribution in [2.45, 2.75) is 46.3 Å². The first-order valence-electron chi connectivity index (χ1n) is 6.76. The molecule has 0 bridgehead atoms. The first kappa shape index (κ1) is 16.7. The van der Waals surface area contributed by atoms with Crippen molar-refractivity contribution in [1.29, 1.82) is 0 Å². The van der Waals surface area contributed by atoms with Crippen molar-refractivity contribution in [1.82, 2.24) is 14.7 Å². The number of aryl methyl sites for hydroxylation is 2. The largest absolute Gasteiger partial charge is 0.389 e. The molecule has 1 aromatic heterocycles. The molecule has 0 spiro atoms. The second-order valence-corrected chi connectivity index (χ2v) is 6.06. The Morgan fingerprint density at radius 3 is 2.45 bits per heavy atom. The summed E-state index contributed by atoms with van der Waals surface area (Å²) in [4.78, 5) is 14.1. The fraction of sp³-hybridized carbons (Fsp3) is 0.714. The Labute approximate surface area is 120 Å². The van der Waals surface area contributed by atoms with Crippen LogP contribution >= 0.6 is 0 Å². The quantitative estimate of drug-likeness (QED) is 0.847. The molecule has 1 rings (SSSR count). The van der Waals surface area contributed by atoms with E-state index in [1.807, 2.05) is 39.8 Å². The van der Waals surface area contributed by atoms with E-state index in [0.29, 0.717) is 6.54 Å². The van der Waals surface area contributed by atoms with E-state index in [9.17, 15) is 9.90 Å². The first-order valence-corrected chi connectivity index (χ1v) is 6.76. The van der Waals surface area contributed by atoms with Crippen molar-refractivity contribution in [3.8, 4) is 0 Å². The molecule has 0 aliphatic heterocycles. The molecule has 0 aromatic carbocycles. The van der Waals surface area contributed by atoms with Gasteiger partial charge in [-0.1, -0.05) is 0 Å². The fourth-order valence-corrected chi connectivity index (χ4v) is 2.13. The van der Waals surface area contributed by atoms with Gasteiger partial charge in [-0.15, -0.1) is 0 Å². The molecular weight excluding hydrogens is 256 g/mol. The highest BCUT2D eigenvalue weighted by Crippen LogP contribution is 2.19. The van der Waals surface area contributed by atoms with Crippen molar-refractivity contribution in [3.05, 3.63) is 11.4 Å². The van der Waals surface area contributed by atoms with Crippen LogP contribution in [0.25, 0.3) is 0 Å². The van der Waals surface area contributed by atoms with Crippen LogP contribution in [0.1, 0.15) is 32.2 Å². The molecule has 114 valence electrons. The van der Waals surface area contributed by atoms with Crippen LogP contribution in [0.3, 0.4) is 0 Å². The van der Waals surface area contributed by atoms with Crippen molar-refractivity contribution >= 4 is 11.6 Å². The van der Waals surface area contributed by atoms with Crippen LogP contribution in [0.4, 0.5) is 5.69 Å². The number of hydrogen-bond acceptors (Lipinski definition) is 4. The summed E-state index contributed by atoms with van der Waals surface area (Å²) in [5, 5.41) is 17.0. The molecule has 6 heteroatoms. The van der Waals surface area contributed by atoms with Crippen LogP contribution in [0.5, 0.6) is 0 Å². The third kappa shape index (κ3) is 4.05. The molecular formula is C14H26N4O2. The summed E-state index contributed by atoms with van der Waals surface area (Å²) in [6.45, 7) is 9.48. The van der Waals surface area contributed by atoms with E-state index in [1.165, 1.54) is 0 Å². The van der Waals surface area contributed by atoms with E-state index >= 15 is 0 Å². The summed E-state index contributed by atoms with van der Waals surface area (Å²) in [6, 6.07) is -0.333. The second-order valence-electron chi connectivity index (χ2n) is 6.06. The Hall–Kier alpha value is -1.40. The lowest BCUT2D eigenvalue weighted by atomic mass is 10.1. The van der Waals surface area contributed by atoms with Crippen LogP contribution < -0.4 is 5.32 Å².